The van der Waals surface area contributed by atoms with Gasteiger partial charge in [0.25, 0.3) is 0 Å². The summed E-state index contributed by atoms with van der Waals surface area (Å²) in [6, 6.07) is 9.41. The Bertz CT molecular complexity index is 940. The quantitative estimate of drug-likeness (QED) is 0.600. The van der Waals surface area contributed by atoms with Crippen LogP contribution in [0.4, 0.5) is 0 Å². The second-order valence-corrected chi connectivity index (χ2v) is 8.42. The molecule has 4 heterocycles. The van der Waals surface area contributed by atoms with Crippen molar-refractivity contribution in [3.63, 3.8) is 0 Å². The fourth-order valence-corrected chi connectivity index (χ4v) is 5.07. The minimum atomic E-state index is 0.491. The first-order valence-electron chi connectivity index (χ1n) is 9.18. The fraction of sp³-hybridized carbons (Fsp3) is 0.421. The standard InChI is InChI=1S/C19H21N5S2/c25-19-23(13-22-10-2-5-16(22)17-6-3-11-26-17)21-18(24(19)15-7-8-15)14-4-1-9-20-12-14/h1,3-4,6,9,11-12,15-16H,2,5,7-8,10,13H2/t16-/m0/s1. The molecule has 5 rings (SSSR count). The van der Waals surface area contributed by atoms with Gasteiger partial charge < -0.3 is 0 Å². The Morgan fingerprint density at radius 1 is 1.19 bits per heavy atom. The number of thiophene rings is 1. The van der Waals surface area contributed by atoms with Gasteiger partial charge in [-0.1, -0.05) is 6.07 Å². The maximum Gasteiger partial charge on any atom is 0.199 e. The van der Waals surface area contributed by atoms with Gasteiger partial charge in [0, 0.05) is 41.5 Å². The van der Waals surface area contributed by atoms with E-state index in [0.717, 1.165) is 29.4 Å². The van der Waals surface area contributed by atoms with Crippen LogP contribution in [0, 0.1) is 4.77 Å². The molecule has 0 aromatic carbocycles. The third kappa shape index (κ3) is 2.94. The molecule has 3 aromatic rings. The molecule has 0 amide bonds. The Morgan fingerprint density at radius 2 is 2.12 bits per heavy atom. The van der Waals surface area contributed by atoms with Gasteiger partial charge in [0.1, 0.15) is 0 Å². The van der Waals surface area contributed by atoms with Crippen LogP contribution in [-0.2, 0) is 6.67 Å². The molecule has 2 fully saturated rings. The molecule has 3 aromatic heterocycles. The Morgan fingerprint density at radius 3 is 2.85 bits per heavy atom. The number of likely N-dealkylation sites (tertiary alicyclic amines) is 1. The van der Waals surface area contributed by atoms with E-state index in [1.165, 1.54) is 30.6 Å². The van der Waals surface area contributed by atoms with Crippen LogP contribution in [0.1, 0.15) is 42.6 Å². The van der Waals surface area contributed by atoms with Crippen molar-refractivity contribution in [2.75, 3.05) is 6.54 Å². The summed E-state index contributed by atoms with van der Waals surface area (Å²) in [5, 5.41) is 7.08. The van der Waals surface area contributed by atoms with Crippen molar-refractivity contribution in [1.82, 2.24) is 24.2 Å². The number of pyridine rings is 1. The lowest BCUT2D eigenvalue weighted by Gasteiger charge is -2.23. The van der Waals surface area contributed by atoms with Crippen LogP contribution >= 0.6 is 23.6 Å². The van der Waals surface area contributed by atoms with E-state index in [2.05, 4.69) is 38.0 Å². The minimum Gasteiger partial charge on any atom is -0.297 e. The highest BCUT2D eigenvalue weighted by Crippen LogP contribution is 2.39. The van der Waals surface area contributed by atoms with E-state index >= 15 is 0 Å². The van der Waals surface area contributed by atoms with Crippen molar-refractivity contribution in [2.24, 2.45) is 0 Å². The lowest BCUT2D eigenvalue weighted by molar-refractivity contribution is 0.192. The summed E-state index contributed by atoms with van der Waals surface area (Å²) in [7, 11) is 0. The van der Waals surface area contributed by atoms with Gasteiger partial charge in [-0.15, -0.1) is 11.3 Å². The summed E-state index contributed by atoms with van der Waals surface area (Å²) in [6.07, 6.45) is 8.50. The molecular formula is C19H21N5S2. The molecule has 0 unspecified atom stereocenters. The predicted octanol–water partition coefficient (Wildman–Crippen LogP) is 4.67. The molecular weight excluding hydrogens is 362 g/mol. The maximum atomic E-state index is 5.82. The first kappa shape index (κ1) is 16.4. The Balaban J connectivity index is 1.49. The van der Waals surface area contributed by atoms with Crippen LogP contribution in [-0.4, -0.2) is 30.8 Å². The lowest BCUT2D eigenvalue weighted by Crippen LogP contribution is -2.26. The average Bonchev–Trinajstić information content (AvgIpc) is 3.07. The first-order valence-corrected chi connectivity index (χ1v) is 10.5. The molecule has 0 spiro atoms. The highest BCUT2D eigenvalue weighted by molar-refractivity contribution is 7.71. The molecule has 0 N–H and O–H groups in total. The molecule has 26 heavy (non-hydrogen) atoms. The highest BCUT2D eigenvalue weighted by atomic mass is 32.1. The van der Waals surface area contributed by atoms with Gasteiger partial charge in [-0.05, 0) is 61.5 Å². The summed E-state index contributed by atoms with van der Waals surface area (Å²) in [4.78, 5) is 8.22. The Hall–Kier alpha value is -1.83. The smallest absolute Gasteiger partial charge is 0.199 e. The van der Waals surface area contributed by atoms with E-state index in [9.17, 15) is 0 Å². The van der Waals surface area contributed by atoms with E-state index < -0.39 is 0 Å². The second-order valence-electron chi connectivity index (χ2n) is 7.08. The van der Waals surface area contributed by atoms with E-state index in [4.69, 9.17) is 17.3 Å². The van der Waals surface area contributed by atoms with Crippen LogP contribution in [0.5, 0.6) is 0 Å². The number of hydrogen-bond acceptors (Lipinski definition) is 5. The molecule has 1 saturated heterocycles. The van der Waals surface area contributed by atoms with Gasteiger partial charge in [0.2, 0.25) is 0 Å². The molecule has 1 aliphatic carbocycles. The summed E-state index contributed by atoms with van der Waals surface area (Å²) >= 11 is 7.67. The van der Waals surface area contributed by atoms with Gasteiger partial charge in [0.05, 0.1) is 6.67 Å². The summed E-state index contributed by atoms with van der Waals surface area (Å²) < 4.78 is 5.09. The SMILES string of the molecule is S=c1n(CN2CCC[C@H]2c2cccs2)nc(-c2cccnc2)n1C1CC1. The number of rotatable bonds is 5. The van der Waals surface area contributed by atoms with Crippen LogP contribution in [0.2, 0.25) is 0 Å². The summed E-state index contributed by atoms with van der Waals surface area (Å²) in [6.45, 7) is 1.86. The fourth-order valence-electron chi connectivity index (χ4n) is 3.84. The van der Waals surface area contributed by atoms with Gasteiger partial charge >= 0.3 is 0 Å². The number of nitrogens with zero attached hydrogens (tertiary/aromatic N) is 5. The van der Waals surface area contributed by atoms with Crippen LogP contribution in [0.3, 0.4) is 0 Å². The molecule has 134 valence electrons. The highest BCUT2D eigenvalue weighted by Gasteiger charge is 2.31. The topological polar surface area (TPSA) is 38.9 Å². The van der Waals surface area contributed by atoms with Crippen molar-refractivity contribution in [3.8, 4) is 11.4 Å². The molecule has 1 aliphatic heterocycles. The molecule has 7 heteroatoms. The molecule has 0 bridgehead atoms. The third-order valence-electron chi connectivity index (χ3n) is 5.25. The van der Waals surface area contributed by atoms with Crippen LogP contribution in [0.25, 0.3) is 11.4 Å². The molecule has 1 atom stereocenters. The Kier molecular flexibility index (Phi) is 4.23. The largest absolute Gasteiger partial charge is 0.297 e. The van der Waals surface area contributed by atoms with Crippen LogP contribution < -0.4 is 0 Å². The zero-order valence-electron chi connectivity index (χ0n) is 14.5. The van der Waals surface area contributed by atoms with Gasteiger partial charge in [-0.3, -0.25) is 14.5 Å². The van der Waals surface area contributed by atoms with Crippen molar-refractivity contribution in [3.05, 3.63) is 51.7 Å². The Labute approximate surface area is 161 Å². The van der Waals surface area contributed by atoms with Crippen LogP contribution in [0.15, 0.2) is 42.0 Å². The van der Waals surface area contributed by atoms with E-state index in [-0.39, 0.29) is 0 Å². The third-order valence-corrected chi connectivity index (χ3v) is 6.63. The second kappa shape index (κ2) is 6.72. The average molecular weight is 384 g/mol. The van der Waals surface area contributed by atoms with Gasteiger partial charge in [-0.2, -0.15) is 5.10 Å². The molecule has 0 radical (unpaired) electrons. The molecule has 2 aliphatic rings. The zero-order valence-corrected chi connectivity index (χ0v) is 16.1. The lowest BCUT2D eigenvalue weighted by atomic mass is 10.2. The molecule has 1 saturated carbocycles. The normalized spacial score (nSPS) is 20.7. The van der Waals surface area contributed by atoms with E-state index in [0.29, 0.717) is 12.1 Å². The monoisotopic (exact) mass is 383 g/mol. The van der Waals surface area contributed by atoms with E-state index in [1.807, 2.05) is 28.3 Å². The first-order chi connectivity index (χ1) is 12.8. The van der Waals surface area contributed by atoms with Gasteiger partial charge in [0.15, 0.2) is 10.6 Å². The van der Waals surface area contributed by atoms with Crippen molar-refractivity contribution >= 4 is 23.6 Å². The maximum absolute atomic E-state index is 5.82. The van der Waals surface area contributed by atoms with Crippen molar-refractivity contribution < 1.29 is 0 Å². The number of hydrogen-bond donors (Lipinski definition) is 0. The summed E-state index contributed by atoms with van der Waals surface area (Å²) in [5.74, 6) is 0.956. The zero-order chi connectivity index (χ0) is 17.5. The van der Waals surface area contributed by atoms with Crippen molar-refractivity contribution in [2.45, 2.75) is 44.4 Å². The predicted molar refractivity (Wildman–Crippen MR) is 106 cm³/mol. The minimum absolute atomic E-state index is 0.491. The van der Waals surface area contributed by atoms with Crippen molar-refractivity contribution in [1.29, 1.82) is 0 Å². The number of aromatic nitrogens is 4. The van der Waals surface area contributed by atoms with Gasteiger partial charge in [-0.25, -0.2) is 4.68 Å². The van der Waals surface area contributed by atoms with E-state index in [1.54, 1.807) is 6.20 Å². The summed E-state index contributed by atoms with van der Waals surface area (Å²) in [5.41, 5.74) is 1.04. The molecule has 5 nitrogen and oxygen atoms in total.